The molecule has 0 aliphatic heterocycles. The van der Waals surface area contributed by atoms with Crippen LogP contribution in [0.25, 0.3) is 0 Å². The lowest BCUT2D eigenvalue weighted by Crippen LogP contribution is -2.27. The monoisotopic (exact) mass is 414 g/mol. The Morgan fingerprint density at radius 3 is 2.00 bits per heavy atom. The second kappa shape index (κ2) is 10.8. The first kappa shape index (κ1) is 22.7. The number of carbonyl (C=O) groups is 2. The highest BCUT2D eigenvalue weighted by Crippen LogP contribution is 2.16. The molecule has 1 N–H and O–H groups in total. The summed E-state index contributed by atoms with van der Waals surface area (Å²) in [6.45, 7) is 5.05. The van der Waals surface area contributed by atoms with Crippen molar-refractivity contribution < 1.29 is 28.5 Å². The number of rotatable bonds is 9. The number of nitrogens with one attached hydrogen (secondary N) is 1. The van der Waals surface area contributed by atoms with Gasteiger partial charge < -0.3 is 18.9 Å². The van der Waals surface area contributed by atoms with Gasteiger partial charge in [-0.3, -0.25) is 4.79 Å². The van der Waals surface area contributed by atoms with Crippen molar-refractivity contribution in [1.82, 2.24) is 5.43 Å². The Labute approximate surface area is 175 Å². The molecule has 0 saturated carbocycles. The molecule has 0 saturated heterocycles. The van der Waals surface area contributed by atoms with Gasteiger partial charge in [0.05, 0.1) is 13.3 Å². The van der Waals surface area contributed by atoms with Gasteiger partial charge in [-0.25, -0.2) is 10.2 Å². The third-order valence-corrected chi connectivity index (χ3v) is 3.49. The van der Waals surface area contributed by atoms with Crippen molar-refractivity contribution in [2.45, 2.75) is 26.4 Å². The van der Waals surface area contributed by atoms with Crippen molar-refractivity contribution in [3.63, 3.8) is 0 Å². The lowest BCUT2D eigenvalue weighted by molar-refractivity contribution is -0.157. The number of carbonyl (C=O) groups excluding carboxylic acids is 2. The molecular weight excluding hydrogens is 388 g/mol. The fraction of sp³-hybridized carbons (Fsp3) is 0.318. The molecule has 0 atom stereocenters. The summed E-state index contributed by atoms with van der Waals surface area (Å²) >= 11 is 0. The molecule has 0 fully saturated rings. The highest BCUT2D eigenvalue weighted by Gasteiger charge is 2.16. The molecule has 8 nitrogen and oxygen atoms in total. The summed E-state index contributed by atoms with van der Waals surface area (Å²) in [6, 6.07) is 13.8. The lowest BCUT2D eigenvalue weighted by Gasteiger charge is -2.19. The van der Waals surface area contributed by atoms with Crippen LogP contribution in [0.2, 0.25) is 0 Å². The predicted molar refractivity (Wildman–Crippen MR) is 112 cm³/mol. The van der Waals surface area contributed by atoms with Crippen molar-refractivity contribution in [2.75, 3.05) is 20.3 Å². The molecule has 0 heterocycles. The van der Waals surface area contributed by atoms with E-state index in [-0.39, 0.29) is 19.1 Å². The van der Waals surface area contributed by atoms with Crippen LogP contribution < -0.4 is 19.6 Å². The van der Waals surface area contributed by atoms with Gasteiger partial charge in [0.1, 0.15) is 22.8 Å². The molecule has 160 valence electrons. The predicted octanol–water partition coefficient (Wildman–Crippen LogP) is 2.94. The van der Waals surface area contributed by atoms with Crippen molar-refractivity contribution in [3.05, 3.63) is 54.1 Å². The summed E-state index contributed by atoms with van der Waals surface area (Å²) in [4.78, 5) is 23.4. The summed E-state index contributed by atoms with van der Waals surface area (Å²) in [5.74, 6) is 0.955. The molecule has 8 heteroatoms. The minimum atomic E-state index is -0.551. The number of ether oxygens (including phenoxy) is 4. The Kier molecular flexibility index (Phi) is 8.22. The molecule has 1 amide bonds. The zero-order chi connectivity index (χ0) is 22.0. The van der Waals surface area contributed by atoms with Gasteiger partial charge >= 0.3 is 5.97 Å². The van der Waals surface area contributed by atoms with Gasteiger partial charge in [0.2, 0.25) is 0 Å². The van der Waals surface area contributed by atoms with Crippen LogP contribution in [0, 0.1) is 0 Å². The molecule has 0 bridgehead atoms. The first-order chi connectivity index (χ1) is 14.2. The van der Waals surface area contributed by atoms with Crippen LogP contribution in [-0.4, -0.2) is 44.0 Å². The van der Waals surface area contributed by atoms with Crippen molar-refractivity contribution >= 4 is 18.1 Å². The van der Waals surface area contributed by atoms with Gasteiger partial charge in [-0.05, 0) is 74.9 Å². The molecule has 0 aromatic heterocycles. The average molecular weight is 414 g/mol. The lowest BCUT2D eigenvalue weighted by atomic mass is 10.2. The van der Waals surface area contributed by atoms with Crippen LogP contribution >= 0.6 is 0 Å². The topological polar surface area (TPSA) is 95.5 Å². The van der Waals surface area contributed by atoms with Gasteiger partial charge in [0.25, 0.3) is 5.91 Å². The second-order valence-corrected chi connectivity index (χ2v) is 7.20. The normalized spacial score (nSPS) is 11.1. The summed E-state index contributed by atoms with van der Waals surface area (Å²) in [5, 5.41) is 3.89. The van der Waals surface area contributed by atoms with E-state index in [0.29, 0.717) is 17.2 Å². The Morgan fingerprint density at radius 2 is 1.43 bits per heavy atom. The van der Waals surface area contributed by atoms with E-state index in [1.807, 2.05) is 0 Å². The van der Waals surface area contributed by atoms with E-state index < -0.39 is 11.6 Å². The number of hydrogen-bond acceptors (Lipinski definition) is 7. The maximum atomic E-state index is 11.8. The van der Waals surface area contributed by atoms with Gasteiger partial charge in [0, 0.05) is 0 Å². The highest BCUT2D eigenvalue weighted by molar-refractivity contribution is 5.83. The number of amides is 1. The van der Waals surface area contributed by atoms with E-state index in [1.54, 1.807) is 76.4 Å². The zero-order valence-corrected chi connectivity index (χ0v) is 17.5. The smallest absolute Gasteiger partial charge is 0.344 e. The fourth-order valence-electron chi connectivity index (χ4n) is 2.20. The van der Waals surface area contributed by atoms with Gasteiger partial charge in [-0.2, -0.15) is 5.10 Å². The number of nitrogens with zero attached hydrogens (tertiary/aromatic N) is 1. The molecule has 0 unspecified atom stereocenters. The fourth-order valence-corrected chi connectivity index (χ4v) is 2.20. The van der Waals surface area contributed by atoms with Crippen LogP contribution in [-0.2, 0) is 14.3 Å². The highest BCUT2D eigenvalue weighted by atomic mass is 16.6. The third kappa shape index (κ3) is 8.64. The van der Waals surface area contributed by atoms with Crippen LogP contribution in [0.4, 0.5) is 0 Å². The Morgan fingerprint density at radius 1 is 0.900 bits per heavy atom. The number of hydrazone groups is 1. The number of benzene rings is 2. The number of esters is 1. The van der Waals surface area contributed by atoms with Crippen molar-refractivity contribution in [1.29, 1.82) is 0 Å². The number of methoxy groups -OCH3 is 1. The summed E-state index contributed by atoms with van der Waals surface area (Å²) in [7, 11) is 1.58. The Balaban J connectivity index is 1.72. The Bertz CT molecular complexity index is 855. The van der Waals surface area contributed by atoms with Crippen LogP contribution in [0.1, 0.15) is 26.3 Å². The minimum absolute atomic E-state index is 0.166. The second-order valence-electron chi connectivity index (χ2n) is 7.20. The standard InChI is InChI=1S/C22H26N2O6/c1-22(2,3)30-21(26)15-29-18-7-5-16(6-8-18)13-23-24-20(25)14-28-19-11-9-17(27-4)10-12-19/h5-13H,14-15H2,1-4H3,(H,24,25)/b23-13-. The van der Waals surface area contributed by atoms with E-state index in [0.717, 1.165) is 5.56 Å². The van der Waals surface area contributed by atoms with E-state index in [2.05, 4.69) is 10.5 Å². The van der Waals surface area contributed by atoms with E-state index in [1.165, 1.54) is 6.21 Å². The first-order valence-electron chi connectivity index (χ1n) is 9.28. The molecule has 0 aliphatic carbocycles. The Hall–Kier alpha value is -3.55. The molecule has 0 radical (unpaired) electrons. The van der Waals surface area contributed by atoms with Crippen LogP contribution in [0.5, 0.6) is 17.2 Å². The number of hydrogen-bond donors (Lipinski definition) is 1. The quantitative estimate of drug-likeness (QED) is 0.385. The molecule has 0 spiro atoms. The molecule has 0 aliphatic rings. The summed E-state index contributed by atoms with van der Waals surface area (Å²) in [5.41, 5.74) is 2.58. The summed E-state index contributed by atoms with van der Waals surface area (Å²) < 4.78 is 21.0. The van der Waals surface area contributed by atoms with Gasteiger partial charge in [0.15, 0.2) is 13.2 Å². The van der Waals surface area contributed by atoms with Crippen molar-refractivity contribution in [2.24, 2.45) is 5.10 Å². The summed E-state index contributed by atoms with van der Waals surface area (Å²) in [6.07, 6.45) is 1.49. The maximum absolute atomic E-state index is 11.8. The van der Waals surface area contributed by atoms with E-state index in [9.17, 15) is 9.59 Å². The van der Waals surface area contributed by atoms with Crippen LogP contribution in [0.3, 0.4) is 0 Å². The molecular formula is C22H26N2O6. The largest absolute Gasteiger partial charge is 0.497 e. The molecule has 2 aromatic carbocycles. The van der Waals surface area contributed by atoms with Crippen LogP contribution in [0.15, 0.2) is 53.6 Å². The van der Waals surface area contributed by atoms with Crippen molar-refractivity contribution in [3.8, 4) is 17.2 Å². The van der Waals surface area contributed by atoms with E-state index >= 15 is 0 Å². The van der Waals surface area contributed by atoms with E-state index in [4.69, 9.17) is 18.9 Å². The van der Waals surface area contributed by atoms with Gasteiger partial charge in [-0.15, -0.1) is 0 Å². The average Bonchev–Trinajstić information content (AvgIpc) is 2.71. The molecule has 30 heavy (non-hydrogen) atoms. The molecule has 2 aromatic rings. The molecule has 2 rings (SSSR count). The maximum Gasteiger partial charge on any atom is 0.344 e. The SMILES string of the molecule is COc1ccc(OCC(=O)N/N=C\c2ccc(OCC(=O)OC(C)(C)C)cc2)cc1. The third-order valence-electron chi connectivity index (χ3n) is 3.49. The first-order valence-corrected chi connectivity index (χ1v) is 9.28. The van der Waals surface area contributed by atoms with Gasteiger partial charge in [-0.1, -0.05) is 0 Å². The minimum Gasteiger partial charge on any atom is -0.497 e. The zero-order valence-electron chi connectivity index (χ0n) is 17.5.